The molecule has 0 aliphatic heterocycles. The molecule has 1 N–H and O–H groups in total. The molecule has 6 heteroatoms. The van der Waals surface area contributed by atoms with Gasteiger partial charge in [-0.25, -0.2) is 8.78 Å². The Kier molecular flexibility index (Phi) is 4.49. The second kappa shape index (κ2) is 6.94. The quantitative estimate of drug-likeness (QED) is 0.739. The van der Waals surface area contributed by atoms with E-state index in [0.29, 0.717) is 16.8 Å². The number of fused-ring (bicyclic) bond motifs is 1. The highest BCUT2D eigenvalue weighted by Crippen LogP contribution is 2.24. The molecule has 4 rings (SSSR count). The smallest absolute Gasteiger partial charge is 0.268 e. The van der Waals surface area contributed by atoms with Gasteiger partial charge in [0.1, 0.15) is 17.3 Å². The monoisotopic (exact) mass is 358 g/mol. The Morgan fingerprint density at radius 1 is 1.12 bits per heavy atom. The van der Waals surface area contributed by atoms with E-state index in [1.54, 1.807) is 16.7 Å². The van der Waals surface area contributed by atoms with Gasteiger partial charge in [-0.15, -0.1) is 0 Å². The van der Waals surface area contributed by atoms with Crippen molar-refractivity contribution in [2.45, 2.75) is 44.7 Å². The van der Waals surface area contributed by atoms with Crippen LogP contribution in [0.1, 0.15) is 48.2 Å². The molecule has 1 fully saturated rings. The average Bonchev–Trinajstić information content (AvgIpc) is 3.17. The highest BCUT2D eigenvalue weighted by atomic mass is 19.1. The van der Waals surface area contributed by atoms with E-state index in [4.69, 9.17) is 4.42 Å². The zero-order chi connectivity index (χ0) is 18.1. The molecular weight excluding hydrogens is 338 g/mol. The number of nitrogens with one attached hydrogen (secondary N) is 1. The van der Waals surface area contributed by atoms with Crippen LogP contribution in [0.4, 0.5) is 8.78 Å². The summed E-state index contributed by atoms with van der Waals surface area (Å²) in [5, 5.41) is 3.09. The number of nitrogens with zero attached hydrogens (tertiary/aromatic N) is 1. The number of halogens is 2. The van der Waals surface area contributed by atoms with Gasteiger partial charge in [-0.3, -0.25) is 4.79 Å². The maximum Gasteiger partial charge on any atom is 0.268 e. The van der Waals surface area contributed by atoms with Gasteiger partial charge in [-0.05, 0) is 30.5 Å². The number of aromatic nitrogens is 1. The lowest BCUT2D eigenvalue weighted by molar-refractivity contribution is 0.0919. The Morgan fingerprint density at radius 3 is 2.58 bits per heavy atom. The zero-order valence-corrected chi connectivity index (χ0v) is 14.3. The molecule has 1 aliphatic carbocycles. The van der Waals surface area contributed by atoms with Gasteiger partial charge in [0.25, 0.3) is 5.91 Å². The van der Waals surface area contributed by atoms with Crippen LogP contribution in [0.3, 0.4) is 0 Å². The van der Waals surface area contributed by atoms with Crippen LogP contribution in [0.2, 0.25) is 0 Å². The third-order valence-corrected chi connectivity index (χ3v) is 4.96. The van der Waals surface area contributed by atoms with Gasteiger partial charge in [0.15, 0.2) is 5.58 Å². The molecule has 2 heterocycles. The van der Waals surface area contributed by atoms with Crippen molar-refractivity contribution in [3.8, 4) is 0 Å². The third-order valence-electron chi connectivity index (χ3n) is 4.96. The van der Waals surface area contributed by atoms with E-state index in [1.807, 2.05) is 0 Å². The van der Waals surface area contributed by atoms with Crippen molar-refractivity contribution >= 4 is 17.0 Å². The van der Waals surface area contributed by atoms with E-state index < -0.39 is 11.6 Å². The van der Waals surface area contributed by atoms with Gasteiger partial charge in [-0.2, -0.15) is 0 Å². The van der Waals surface area contributed by atoms with Gasteiger partial charge >= 0.3 is 0 Å². The van der Waals surface area contributed by atoms with E-state index in [-0.39, 0.29) is 18.5 Å². The highest BCUT2D eigenvalue weighted by Gasteiger charge is 2.22. The first kappa shape index (κ1) is 16.8. The first-order chi connectivity index (χ1) is 12.6. The minimum absolute atomic E-state index is 0.178. The molecule has 1 aliphatic rings. The van der Waals surface area contributed by atoms with Crippen molar-refractivity contribution < 1.29 is 18.0 Å². The third kappa shape index (κ3) is 3.36. The fourth-order valence-corrected chi connectivity index (χ4v) is 3.73. The molecule has 0 atom stereocenters. The summed E-state index contributed by atoms with van der Waals surface area (Å²) in [5.41, 5.74) is 2.20. The second-order valence-electron chi connectivity index (χ2n) is 6.87. The number of furan rings is 1. The molecule has 2 aromatic heterocycles. The van der Waals surface area contributed by atoms with Crippen LogP contribution in [0.5, 0.6) is 0 Å². The molecule has 0 saturated heterocycles. The SMILES string of the molecule is O=C(NC1CCCCC1)c1cc2occc2n1Cc1cc(F)cc(F)c1. The van der Waals surface area contributed by atoms with Crippen molar-refractivity contribution in [3.05, 3.63) is 59.5 Å². The van der Waals surface area contributed by atoms with E-state index in [0.717, 1.165) is 37.3 Å². The highest BCUT2D eigenvalue weighted by molar-refractivity contribution is 5.97. The Hall–Kier alpha value is -2.63. The molecule has 26 heavy (non-hydrogen) atoms. The molecular formula is C20H20F2N2O2. The molecule has 3 aromatic rings. The zero-order valence-electron chi connectivity index (χ0n) is 14.3. The lowest BCUT2D eigenvalue weighted by Crippen LogP contribution is -2.37. The summed E-state index contributed by atoms with van der Waals surface area (Å²) < 4.78 is 34.2. The molecule has 0 unspecified atom stereocenters. The lowest BCUT2D eigenvalue weighted by atomic mass is 9.95. The minimum Gasteiger partial charge on any atom is -0.463 e. The number of carbonyl (C=O) groups is 1. The molecule has 0 bridgehead atoms. The number of carbonyl (C=O) groups excluding carboxylic acids is 1. The van der Waals surface area contributed by atoms with Crippen LogP contribution >= 0.6 is 0 Å². The van der Waals surface area contributed by atoms with Crippen LogP contribution in [-0.4, -0.2) is 16.5 Å². The van der Waals surface area contributed by atoms with Gasteiger partial charge in [0.05, 0.1) is 11.8 Å². The average molecular weight is 358 g/mol. The minimum atomic E-state index is -0.635. The van der Waals surface area contributed by atoms with Crippen LogP contribution in [0, 0.1) is 11.6 Å². The summed E-state index contributed by atoms with van der Waals surface area (Å²) >= 11 is 0. The number of benzene rings is 1. The number of hydrogen-bond acceptors (Lipinski definition) is 2. The summed E-state index contributed by atoms with van der Waals surface area (Å²) in [6.45, 7) is 0.186. The molecule has 1 aromatic carbocycles. The molecule has 1 saturated carbocycles. The van der Waals surface area contributed by atoms with E-state index in [1.165, 1.54) is 24.8 Å². The van der Waals surface area contributed by atoms with Gasteiger partial charge < -0.3 is 14.3 Å². The van der Waals surface area contributed by atoms with Gasteiger partial charge in [0, 0.05) is 30.8 Å². The lowest BCUT2D eigenvalue weighted by Gasteiger charge is -2.23. The molecule has 1 amide bonds. The summed E-state index contributed by atoms with van der Waals surface area (Å²) in [5.74, 6) is -1.45. The molecule has 4 nitrogen and oxygen atoms in total. The summed E-state index contributed by atoms with van der Waals surface area (Å²) in [4.78, 5) is 12.8. The Balaban J connectivity index is 1.65. The van der Waals surface area contributed by atoms with Crippen molar-refractivity contribution in [2.24, 2.45) is 0 Å². The fourth-order valence-electron chi connectivity index (χ4n) is 3.73. The van der Waals surface area contributed by atoms with E-state index >= 15 is 0 Å². The maximum atomic E-state index is 13.5. The van der Waals surface area contributed by atoms with Crippen molar-refractivity contribution in [3.63, 3.8) is 0 Å². The summed E-state index contributed by atoms with van der Waals surface area (Å²) in [6, 6.07) is 7.00. The summed E-state index contributed by atoms with van der Waals surface area (Å²) in [6.07, 6.45) is 6.96. The maximum absolute atomic E-state index is 13.5. The molecule has 0 spiro atoms. The van der Waals surface area contributed by atoms with Crippen molar-refractivity contribution in [1.29, 1.82) is 0 Å². The van der Waals surface area contributed by atoms with Crippen molar-refractivity contribution in [1.82, 2.24) is 9.88 Å². The van der Waals surface area contributed by atoms with Crippen LogP contribution in [-0.2, 0) is 6.54 Å². The first-order valence-electron chi connectivity index (χ1n) is 8.93. The van der Waals surface area contributed by atoms with Crippen LogP contribution in [0.25, 0.3) is 11.1 Å². The van der Waals surface area contributed by atoms with Gasteiger partial charge in [0.2, 0.25) is 0 Å². The van der Waals surface area contributed by atoms with E-state index in [9.17, 15) is 13.6 Å². The normalized spacial score (nSPS) is 15.5. The fraction of sp³-hybridized carbons (Fsp3) is 0.350. The molecule has 136 valence electrons. The van der Waals surface area contributed by atoms with Crippen LogP contribution in [0.15, 0.2) is 41.0 Å². The number of rotatable bonds is 4. The predicted molar refractivity (Wildman–Crippen MR) is 94.0 cm³/mol. The predicted octanol–water partition coefficient (Wildman–Crippen LogP) is 4.62. The number of amides is 1. The van der Waals surface area contributed by atoms with Crippen LogP contribution < -0.4 is 5.32 Å². The Bertz CT molecular complexity index is 918. The Morgan fingerprint density at radius 2 is 1.85 bits per heavy atom. The van der Waals surface area contributed by atoms with Gasteiger partial charge in [-0.1, -0.05) is 19.3 Å². The summed E-state index contributed by atoms with van der Waals surface area (Å²) in [7, 11) is 0. The Labute approximate surface area is 149 Å². The first-order valence-corrected chi connectivity index (χ1v) is 8.93. The number of hydrogen-bond donors (Lipinski definition) is 1. The second-order valence-corrected chi connectivity index (χ2v) is 6.87. The molecule has 0 radical (unpaired) electrons. The van der Waals surface area contributed by atoms with E-state index in [2.05, 4.69) is 5.32 Å². The topological polar surface area (TPSA) is 47.2 Å². The van der Waals surface area contributed by atoms with Crippen molar-refractivity contribution in [2.75, 3.05) is 0 Å². The standard InChI is InChI=1S/C20H20F2N2O2/c21-14-8-13(9-15(22)10-14)12-24-17-6-7-26-19(17)11-18(24)20(25)23-16-4-2-1-3-5-16/h6-11,16H,1-5,12H2,(H,23,25). The largest absolute Gasteiger partial charge is 0.463 e.